The van der Waals surface area contributed by atoms with Crippen LogP contribution >= 0.6 is 11.6 Å². The molecule has 1 aliphatic heterocycles. The van der Waals surface area contributed by atoms with Gasteiger partial charge in [0.1, 0.15) is 11.9 Å². The molecule has 1 aromatic carbocycles. The second-order valence-corrected chi connectivity index (χ2v) is 4.33. The number of methoxy groups -OCH3 is 1. The minimum absolute atomic E-state index is 0.156. The Kier molecular flexibility index (Phi) is 4.23. The standard InChI is InChI=1S/C12H16ClNO3/c1-15-10-3-2-8(13)6-9(10)12(14)11-7-16-4-5-17-11/h2-3,6,11-12H,4-5,7,14H2,1H3. The van der Waals surface area contributed by atoms with E-state index in [1.807, 2.05) is 6.07 Å². The molecular formula is C12H16ClNO3. The van der Waals surface area contributed by atoms with E-state index >= 15 is 0 Å². The Labute approximate surface area is 106 Å². The lowest BCUT2D eigenvalue weighted by atomic mass is 10.0. The van der Waals surface area contributed by atoms with Gasteiger partial charge in [0, 0.05) is 10.6 Å². The predicted molar refractivity (Wildman–Crippen MR) is 65.5 cm³/mol. The van der Waals surface area contributed by atoms with Gasteiger partial charge in [0.25, 0.3) is 0 Å². The van der Waals surface area contributed by atoms with E-state index in [0.29, 0.717) is 24.8 Å². The van der Waals surface area contributed by atoms with Gasteiger partial charge in [0.15, 0.2) is 0 Å². The maximum Gasteiger partial charge on any atom is 0.123 e. The molecule has 94 valence electrons. The van der Waals surface area contributed by atoms with E-state index in [4.69, 9.17) is 31.5 Å². The highest BCUT2D eigenvalue weighted by Gasteiger charge is 2.25. The van der Waals surface area contributed by atoms with E-state index in [1.165, 1.54) is 0 Å². The monoisotopic (exact) mass is 257 g/mol. The van der Waals surface area contributed by atoms with Gasteiger partial charge >= 0.3 is 0 Å². The third-order valence-corrected chi connectivity index (χ3v) is 3.03. The van der Waals surface area contributed by atoms with E-state index < -0.39 is 0 Å². The Balaban J connectivity index is 2.21. The van der Waals surface area contributed by atoms with Gasteiger partial charge < -0.3 is 19.9 Å². The summed E-state index contributed by atoms with van der Waals surface area (Å²) >= 11 is 5.97. The highest BCUT2D eigenvalue weighted by atomic mass is 35.5. The summed E-state index contributed by atoms with van der Waals surface area (Å²) in [5.41, 5.74) is 7.01. The molecule has 17 heavy (non-hydrogen) atoms. The fourth-order valence-corrected chi connectivity index (χ4v) is 2.06. The smallest absolute Gasteiger partial charge is 0.123 e. The second kappa shape index (κ2) is 5.69. The summed E-state index contributed by atoms with van der Waals surface area (Å²) in [6, 6.07) is 5.09. The fraction of sp³-hybridized carbons (Fsp3) is 0.500. The van der Waals surface area contributed by atoms with Gasteiger partial charge in [-0.25, -0.2) is 0 Å². The van der Waals surface area contributed by atoms with Crippen LogP contribution in [-0.2, 0) is 9.47 Å². The average molecular weight is 258 g/mol. The summed E-state index contributed by atoms with van der Waals surface area (Å²) in [7, 11) is 1.61. The number of hydrogen-bond acceptors (Lipinski definition) is 4. The number of benzene rings is 1. The number of rotatable bonds is 3. The van der Waals surface area contributed by atoms with Gasteiger partial charge in [0.2, 0.25) is 0 Å². The first-order valence-corrected chi connectivity index (χ1v) is 5.88. The van der Waals surface area contributed by atoms with Gasteiger partial charge in [-0.15, -0.1) is 0 Å². The van der Waals surface area contributed by atoms with Crippen LogP contribution in [0, 0.1) is 0 Å². The molecule has 5 heteroatoms. The van der Waals surface area contributed by atoms with Crippen LogP contribution in [0.15, 0.2) is 18.2 Å². The average Bonchev–Trinajstić information content (AvgIpc) is 2.39. The fourth-order valence-electron chi connectivity index (χ4n) is 1.88. The normalized spacial score (nSPS) is 22.2. The zero-order valence-corrected chi connectivity index (χ0v) is 10.4. The molecule has 1 fully saturated rings. The van der Waals surface area contributed by atoms with Gasteiger partial charge in [0.05, 0.1) is 33.0 Å². The van der Waals surface area contributed by atoms with Crippen molar-refractivity contribution in [3.63, 3.8) is 0 Å². The Bertz CT molecular complexity index is 380. The third kappa shape index (κ3) is 2.90. The molecule has 1 aromatic rings. The van der Waals surface area contributed by atoms with E-state index in [2.05, 4.69) is 0 Å². The van der Waals surface area contributed by atoms with Gasteiger partial charge in [-0.1, -0.05) is 11.6 Å². The van der Waals surface area contributed by atoms with E-state index in [1.54, 1.807) is 19.2 Å². The van der Waals surface area contributed by atoms with E-state index in [-0.39, 0.29) is 12.1 Å². The SMILES string of the molecule is COc1ccc(Cl)cc1C(N)C1COCCO1. The second-order valence-electron chi connectivity index (χ2n) is 3.90. The number of hydrogen-bond donors (Lipinski definition) is 1. The van der Waals surface area contributed by atoms with Crippen LogP contribution in [-0.4, -0.2) is 33.0 Å². The summed E-state index contributed by atoms with van der Waals surface area (Å²) in [4.78, 5) is 0. The molecule has 1 heterocycles. The Morgan fingerprint density at radius 3 is 2.94 bits per heavy atom. The summed E-state index contributed by atoms with van der Waals surface area (Å²) in [5, 5.41) is 0.632. The van der Waals surface area contributed by atoms with Crippen molar-refractivity contribution in [1.82, 2.24) is 0 Å². The first kappa shape index (κ1) is 12.6. The molecule has 0 saturated carbocycles. The Morgan fingerprint density at radius 1 is 1.47 bits per heavy atom. The molecule has 4 nitrogen and oxygen atoms in total. The van der Waals surface area contributed by atoms with Crippen LogP contribution in [0.25, 0.3) is 0 Å². The van der Waals surface area contributed by atoms with Crippen molar-refractivity contribution in [2.24, 2.45) is 5.73 Å². The zero-order chi connectivity index (χ0) is 12.3. The molecule has 2 atom stereocenters. The number of nitrogens with two attached hydrogens (primary N) is 1. The molecule has 0 aromatic heterocycles. The minimum atomic E-state index is -0.302. The highest BCUT2D eigenvalue weighted by molar-refractivity contribution is 6.30. The van der Waals surface area contributed by atoms with E-state index in [0.717, 1.165) is 11.3 Å². The lowest BCUT2D eigenvalue weighted by Gasteiger charge is -2.29. The summed E-state index contributed by atoms with van der Waals surface area (Å²) < 4.78 is 16.2. The van der Waals surface area contributed by atoms with Crippen LogP contribution in [0.3, 0.4) is 0 Å². The predicted octanol–water partition coefficient (Wildman–Crippen LogP) is 1.76. The van der Waals surface area contributed by atoms with Crippen LogP contribution in [0.2, 0.25) is 5.02 Å². The minimum Gasteiger partial charge on any atom is -0.496 e. The van der Waals surface area contributed by atoms with Gasteiger partial charge in [-0.3, -0.25) is 0 Å². The number of ether oxygens (including phenoxy) is 3. The topological polar surface area (TPSA) is 53.7 Å². The summed E-state index contributed by atoms with van der Waals surface area (Å²) in [5.74, 6) is 0.719. The molecular weight excluding hydrogens is 242 g/mol. The quantitative estimate of drug-likeness (QED) is 0.897. The lowest BCUT2D eigenvalue weighted by Crippen LogP contribution is -2.37. The maximum absolute atomic E-state index is 6.17. The van der Waals surface area contributed by atoms with Crippen molar-refractivity contribution >= 4 is 11.6 Å². The molecule has 0 aliphatic carbocycles. The van der Waals surface area contributed by atoms with Crippen molar-refractivity contribution in [1.29, 1.82) is 0 Å². The first-order valence-electron chi connectivity index (χ1n) is 5.50. The van der Waals surface area contributed by atoms with Gasteiger partial charge in [-0.2, -0.15) is 0 Å². The molecule has 1 aliphatic rings. The van der Waals surface area contributed by atoms with Crippen LogP contribution < -0.4 is 10.5 Å². The Hall–Kier alpha value is -0.810. The summed E-state index contributed by atoms with van der Waals surface area (Å²) in [6.07, 6.45) is -0.156. The van der Waals surface area contributed by atoms with Crippen LogP contribution in [0.4, 0.5) is 0 Å². The zero-order valence-electron chi connectivity index (χ0n) is 9.69. The van der Waals surface area contributed by atoms with Crippen LogP contribution in [0.1, 0.15) is 11.6 Å². The first-order chi connectivity index (χ1) is 8.22. The molecule has 2 N–H and O–H groups in total. The van der Waals surface area contributed by atoms with Crippen molar-refractivity contribution in [2.45, 2.75) is 12.1 Å². The molecule has 2 rings (SSSR count). The Morgan fingerprint density at radius 2 is 2.29 bits per heavy atom. The maximum atomic E-state index is 6.17. The molecule has 0 radical (unpaired) electrons. The van der Waals surface area contributed by atoms with Crippen molar-refractivity contribution in [3.8, 4) is 5.75 Å². The van der Waals surface area contributed by atoms with Crippen LogP contribution in [0.5, 0.6) is 5.75 Å². The summed E-state index contributed by atoms with van der Waals surface area (Å²) in [6.45, 7) is 1.69. The third-order valence-electron chi connectivity index (χ3n) is 2.79. The molecule has 2 unspecified atom stereocenters. The largest absolute Gasteiger partial charge is 0.496 e. The van der Waals surface area contributed by atoms with Crippen molar-refractivity contribution in [3.05, 3.63) is 28.8 Å². The van der Waals surface area contributed by atoms with E-state index in [9.17, 15) is 0 Å². The highest BCUT2D eigenvalue weighted by Crippen LogP contribution is 2.30. The van der Waals surface area contributed by atoms with Crippen molar-refractivity contribution < 1.29 is 14.2 Å². The van der Waals surface area contributed by atoms with Crippen molar-refractivity contribution in [2.75, 3.05) is 26.9 Å². The molecule has 0 amide bonds. The molecule has 0 bridgehead atoms. The number of halogens is 1. The lowest BCUT2D eigenvalue weighted by molar-refractivity contribution is -0.0977. The molecule has 1 saturated heterocycles. The van der Waals surface area contributed by atoms with Gasteiger partial charge in [-0.05, 0) is 18.2 Å². The molecule has 0 spiro atoms.